The normalized spacial score (nSPS) is 14.0. The van der Waals surface area contributed by atoms with Gasteiger partial charge in [0.2, 0.25) is 5.91 Å². The van der Waals surface area contributed by atoms with E-state index in [1.165, 1.54) is 12.1 Å². The number of alkyl halides is 3. The van der Waals surface area contributed by atoms with Crippen molar-refractivity contribution in [2.45, 2.75) is 22.4 Å². The van der Waals surface area contributed by atoms with E-state index in [0.717, 1.165) is 34.4 Å². The molecule has 0 atom stereocenters. The molecule has 0 radical (unpaired) electrons. The summed E-state index contributed by atoms with van der Waals surface area (Å²) >= 11 is 2.64. The van der Waals surface area contributed by atoms with Gasteiger partial charge in [-0.2, -0.15) is 18.2 Å². The third kappa shape index (κ3) is 9.36. The zero-order valence-corrected chi connectivity index (χ0v) is 26.2. The summed E-state index contributed by atoms with van der Waals surface area (Å²) in [4.78, 5) is 29.7. The molecular formula is C32H24F4N3NaO4S3. The van der Waals surface area contributed by atoms with E-state index in [2.05, 4.69) is 10.3 Å². The molecule has 5 rings (SSSR count). The van der Waals surface area contributed by atoms with Crippen LogP contribution in [0.1, 0.15) is 16.7 Å². The van der Waals surface area contributed by atoms with Crippen molar-refractivity contribution in [3.05, 3.63) is 118 Å². The van der Waals surface area contributed by atoms with Crippen LogP contribution in [0.5, 0.6) is 0 Å². The summed E-state index contributed by atoms with van der Waals surface area (Å²) in [5.41, 5.74) is 1.76. The SMILES string of the molecule is CSc1ccc(-c2ccc(/C=C3/SC(Nc4ccc(CC(=O)NS(=O)(=O)c5ccc(C(F)(F)F)cc5)cc4)=NC3=O)c(F)c2)cc1.[NaH]. The molecule has 1 aliphatic heterocycles. The van der Waals surface area contributed by atoms with Gasteiger partial charge >= 0.3 is 35.7 Å². The molecular weight excluding hydrogens is 686 g/mol. The van der Waals surface area contributed by atoms with E-state index in [1.54, 1.807) is 48.2 Å². The molecule has 0 saturated heterocycles. The van der Waals surface area contributed by atoms with Gasteiger partial charge in [0.1, 0.15) is 5.82 Å². The van der Waals surface area contributed by atoms with Crippen LogP contribution in [-0.4, -0.2) is 61.2 Å². The second kappa shape index (κ2) is 15.2. The third-order valence-corrected chi connectivity index (χ3v) is 9.67. The Kier molecular flexibility index (Phi) is 11.8. The van der Waals surface area contributed by atoms with Crippen LogP contribution in [0.2, 0.25) is 0 Å². The number of rotatable bonds is 8. The van der Waals surface area contributed by atoms with E-state index in [-0.39, 0.29) is 51.6 Å². The van der Waals surface area contributed by atoms with Gasteiger partial charge in [-0.3, -0.25) is 9.59 Å². The first-order valence-corrected chi connectivity index (χ1v) is 16.9. The molecule has 2 N–H and O–H groups in total. The molecule has 7 nitrogen and oxygen atoms in total. The van der Waals surface area contributed by atoms with E-state index < -0.39 is 44.3 Å². The zero-order chi connectivity index (χ0) is 33.1. The molecule has 0 spiro atoms. The van der Waals surface area contributed by atoms with Crippen molar-refractivity contribution in [3.63, 3.8) is 0 Å². The summed E-state index contributed by atoms with van der Waals surface area (Å²) in [6.07, 6.45) is -1.54. The van der Waals surface area contributed by atoms with Gasteiger partial charge in [-0.05, 0) is 95.4 Å². The summed E-state index contributed by atoms with van der Waals surface area (Å²) in [6, 6.07) is 21.6. The Morgan fingerprint density at radius 2 is 1.57 bits per heavy atom. The van der Waals surface area contributed by atoms with Crippen LogP contribution in [0.25, 0.3) is 17.2 Å². The number of carbonyl (C=O) groups excluding carboxylic acids is 2. The van der Waals surface area contributed by atoms with Crippen molar-refractivity contribution >= 4 is 91.8 Å². The van der Waals surface area contributed by atoms with E-state index in [9.17, 15) is 35.6 Å². The van der Waals surface area contributed by atoms with Gasteiger partial charge in [0.05, 0.1) is 21.8 Å². The second-order valence-electron chi connectivity index (χ2n) is 9.85. The van der Waals surface area contributed by atoms with Crippen LogP contribution >= 0.6 is 23.5 Å². The number of nitrogens with zero attached hydrogens (tertiary/aromatic N) is 1. The molecule has 4 aromatic carbocycles. The van der Waals surface area contributed by atoms with Crippen molar-refractivity contribution in [3.8, 4) is 11.1 Å². The van der Waals surface area contributed by atoms with Gasteiger partial charge in [-0.25, -0.2) is 17.5 Å². The van der Waals surface area contributed by atoms with Crippen LogP contribution in [0, 0.1) is 5.82 Å². The summed E-state index contributed by atoms with van der Waals surface area (Å²) in [5, 5.41) is 3.24. The Morgan fingerprint density at radius 3 is 2.17 bits per heavy atom. The summed E-state index contributed by atoms with van der Waals surface area (Å²) in [5.74, 6) is -1.91. The molecule has 0 aromatic heterocycles. The van der Waals surface area contributed by atoms with Crippen LogP contribution in [0.15, 0.2) is 111 Å². The summed E-state index contributed by atoms with van der Waals surface area (Å²) < 4.78 is 79.9. The molecule has 1 aliphatic rings. The quantitative estimate of drug-likeness (QED) is 0.0907. The number of aliphatic imine (C=N–C) groups is 1. The van der Waals surface area contributed by atoms with Crippen LogP contribution in [0.4, 0.5) is 23.2 Å². The van der Waals surface area contributed by atoms with Gasteiger partial charge < -0.3 is 5.32 Å². The van der Waals surface area contributed by atoms with E-state index in [4.69, 9.17) is 0 Å². The van der Waals surface area contributed by atoms with Crippen LogP contribution in [0.3, 0.4) is 0 Å². The Bertz CT molecular complexity index is 1970. The van der Waals surface area contributed by atoms with Gasteiger partial charge in [-0.1, -0.05) is 36.4 Å². The number of hydrogen-bond acceptors (Lipinski definition) is 7. The Balaban J connectivity index is 0.00000500. The van der Waals surface area contributed by atoms with Gasteiger partial charge in [-0.15, -0.1) is 11.8 Å². The minimum absolute atomic E-state index is 0. The number of nitrogens with one attached hydrogen (secondary N) is 2. The first-order chi connectivity index (χ1) is 21.8. The van der Waals surface area contributed by atoms with Gasteiger partial charge in [0, 0.05) is 16.1 Å². The Morgan fingerprint density at radius 1 is 0.936 bits per heavy atom. The fraction of sp³-hybridized carbons (Fsp3) is 0.0938. The average Bonchev–Trinajstić information content (AvgIpc) is 3.36. The molecule has 2 amide bonds. The third-order valence-electron chi connectivity index (χ3n) is 6.64. The number of carbonyl (C=O) groups is 2. The number of sulfonamides is 1. The minimum atomic E-state index is -4.63. The average molecular weight is 710 g/mol. The second-order valence-corrected chi connectivity index (χ2v) is 13.4. The van der Waals surface area contributed by atoms with Crippen molar-refractivity contribution in [2.24, 2.45) is 4.99 Å². The number of hydrogen-bond donors (Lipinski definition) is 2. The van der Waals surface area contributed by atoms with E-state index in [1.807, 2.05) is 35.2 Å². The molecule has 0 unspecified atom stereocenters. The predicted octanol–water partition coefficient (Wildman–Crippen LogP) is 6.71. The maximum atomic E-state index is 14.9. The van der Waals surface area contributed by atoms with Crippen molar-refractivity contribution < 1.29 is 35.6 Å². The number of halogens is 4. The number of amides is 2. The molecule has 0 aliphatic carbocycles. The molecule has 0 fully saturated rings. The molecule has 15 heteroatoms. The first-order valence-electron chi connectivity index (χ1n) is 13.4. The monoisotopic (exact) mass is 709 g/mol. The molecule has 0 saturated carbocycles. The zero-order valence-electron chi connectivity index (χ0n) is 23.8. The van der Waals surface area contributed by atoms with Gasteiger partial charge in [0.15, 0.2) is 5.17 Å². The summed E-state index contributed by atoms with van der Waals surface area (Å²) in [6.45, 7) is 0. The van der Waals surface area contributed by atoms with E-state index >= 15 is 0 Å². The van der Waals surface area contributed by atoms with E-state index in [0.29, 0.717) is 28.9 Å². The number of amidine groups is 1. The van der Waals surface area contributed by atoms with Crippen LogP contribution < -0.4 is 10.0 Å². The van der Waals surface area contributed by atoms with Gasteiger partial charge in [0.25, 0.3) is 15.9 Å². The molecule has 47 heavy (non-hydrogen) atoms. The maximum absolute atomic E-state index is 14.9. The van der Waals surface area contributed by atoms with Crippen molar-refractivity contribution in [2.75, 3.05) is 11.6 Å². The van der Waals surface area contributed by atoms with Crippen LogP contribution in [-0.2, 0) is 32.2 Å². The topological polar surface area (TPSA) is 105 Å². The Labute approximate surface area is 298 Å². The summed E-state index contributed by atoms with van der Waals surface area (Å²) in [7, 11) is -4.38. The predicted molar refractivity (Wildman–Crippen MR) is 179 cm³/mol. The fourth-order valence-corrected chi connectivity index (χ4v) is 6.51. The van der Waals surface area contributed by atoms with Crippen molar-refractivity contribution in [1.29, 1.82) is 0 Å². The molecule has 1 heterocycles. The number of thioether (sulfide) groups is 2. The Hall–Kier alpha value is -3.40. The molecule has 238 valence electrons. The number of benzene rings is 4. The standard InChI is InChI=1S/C32H23F4N3O4S3.Na.H/c1-44-25-12-6-20(7-13-25)21-4-5-22(27(33)17-21)18-28-30(41)38-31(45-28)37-24-10-2-19(3-11-24)16-29(40)39-46(42,43)26-14-8-23(9-15-26)32(34,35)36;;/h2-15,17-18H,16H2,1H3,(H,39,40)(H,37,38,41);;/b28-18+;;. The van der Waals surface area contributed by atoms with Crippen molar-refractivity contribution in [1.82, 2.24) is 4.72 Å². The molecule has 4 aromatic rings. The first kappa shape index (κ1) is 36.4. The molecule has 0 bridgehead atoms. The number of anilines is 1. The fourth-order valence-electron chi connectivity index (χ4n) is 4.29.